The molecule has 108 valence electrons. The molecule has 1 aliphatic carbocycles. The van der Waals surface area contributed by atoms with E-state index in [9.17, 15) is 0 Å². The van der Waals surface area contributed by atoms with E-state index in [1.165, 1.54) is 18.4 Å². The van der Waals surface area contributed by atoms with Crippen molar-refractivity contribution in [1.82, 2.24) is 9.88 Å². The van der Waals surface area contributed by atoms with Gasteiger partial charge >= 0.3 is 0 Å². The molecule has 1 aromatic carbocycles. The van der Waals surface area contributed by atoms with Crippen molar-refractivity contribution in [3.05, 3.63) is 60.3 Å². The van der Waals surface area contributed by atoms with E-state index in [1.54, 1.807) is 6.20 Å². The van der Waals surface area contributed by atoms with Crippen molar-refractivity contribution in [2.45, 2.75) is 31.5 Å². The number of pyridine rings is 1. The molecular formula is C18H20N2O. The predicted molar refractivity (Wildman–Crippen MR) is 82.0 cm³/mol. The number of ether oxygens (including phenoxy) is 1. The molecule has 1 saturated carbocycles. The van der Waals surface area contributed by atoms with Crippen molar-refractivity contribution in [1.29, 1.82) is 0 Å². The van der Waals surface area contributed by atoms with Crippen molar-refractivity contribution in [2.75, 3.05) is 6.54 Å². The van der Waals surface area contributed by atoms with Gasteiger partial charge in [0, 0.05) is 37.3 Å². The summed E-state index contributed by atoms with van der Waals surface area (Å²) in [6.07, 6.45) is 4.64. The van der Waals surface area contributed by atoms with Crippen LogP contribution in [0.1, 0.15) is 18.4 Å². The number of fused-ring (bicyclic) bond motifs is 2. The fourth-order valence-corrected chi connectivity index (χ4v) is 3.78. The average molecular weight is 280 g/mol. The summed E-state index contributed by atoms with van der Waals surface area (Å²) < 4.78 is 6.18. The van der Waals surface area contributed by atoms with Crippen molar-refractivity contribution in [2.24, 2.45) is 5.92 Å². The Hall–Kier alpha value is -1.87. The van der Waals surface area contributed by atoms with Gasteiger partial charge in [-0.15, -0.1) is 0 Å². The number of hydrogen-bond donors (Lipinski definition) is 0. The second-order valence-corrected chi connectivity index (χ2v) is 6.07. The Morgan fingerprint density at radius 2 is 1.90 bits per heavy atom. The zero-order chi connectivity index (χ0) is 14.1. The molecule has 4 rings (SSSR count). The highest BCUT2D eigenvalue weighted by Gasteiger charge is 2.48. The van der Waals surface area contributed by atoms with Crippen LogP contribution in [0.2, 0.25) is 0 Å². The Bertz CT molecular complexity index is 587. The third kappa shape index (κ3) is 2.54. The number of benzene rings is 1. The Kier molecular flexibility index (Phi) is 3.36. The van der Waals surface area contributed by atoms with E-state index in [2.05, 4.69) is 40.2 Å². The number of aromatic nitrogens is 1. The maximum Gasteiger partial charge on any atom is 0.213 e. The lowest BCUT2D eigenvalue weighted by molar-refractivity contribution is 0.137. The van der Waals surface area contributed by atoms with Crippen LogP contribution in [-0.4, -0.2) is 28.6 Å². The summed E-state index contributed by atoms with van der Waals surface area (Å²) in [5.41, 5.74) is 1.39. The molecule has 3 nitrogen and oxygen atoms in total. The largest absolute Gasteiger partial charge is 0.472 e. The van der Waals surface area contributed by atoms with Crippen LogP contribution >= 0.6 is 0 Å². The Morgan fingerprint density at radius 1 is 1.05 bits per heavy atom. The van der Waals surface area contributed by atoms with Gasteiger partial charge in [-0.05, 0) is 24.5 Å². The average Bonchev–Trinajstić information content (AvgIpc) is 3.06. The number of likely N-dealkylation sites (tertiary alicyclic amines) is 1. The molecule has 1 aliphatic heterocycles. The molecule has 0 spiro atoms. The highest BCUT2D eigenvalue weighted by Crippen LogP contribution is 2.40. The number of piperidine rings is 1. The monoisotopic (exact) mass is 280 g/mol. The van der Waals surface area contributed by atoms with E-state index in [-0.39, 0.29) is 0 Å². The summed E-state index contributed by atoms with van der Waals surface area (Å²) in [5.74, 6) is 1.42. The van der Waals surface area contributed by atoms with E-state index < -0.39 is 0 Å². The van der Waals surface area contributed by atoms with Gasteiger partial charge in [0.2, 0.25) is 5.88 Å². The molecule has 21 heavy (non-hydrogen) atoms. The van der Waals surface area contributed by atoms with E-state index in [0.717, 1.165) is 19.0 Å². The zero-order valence-corrected chi connectivity index (χ0v) is 12.1. The Morgan fingerprint density at radius 3 is 2.71 bits per heavy atom. The minimum absolute atomic E-state index is 0.309. The fourth-order valence-electron chi connectivity index (χ4n) is 3.78. The summed E-state index contributed by atoms with van der Waals surface area (Å²) in [6, 6.07) is 17.1. The van der Waals surface area contributed by atoms with Crippen LogP contribution in [0, 0.1) is 5.92 Å². The molecule has 3 unspecified atom stereocenters. The van der Waals surface area contributed by atoms with E-state index in [1.807, 2.05) is 18.2 Å². The first-order valence-electron chi connectivity index (χ1n) is 7.76. The maximum atomic E-state index is 6.18. The minimum atomic E-state index is 0.309. The second kappa shape index (κ2) is 5.49. The van der Waals surface area contributed by atoms with Crippen LogP contribution in [0.25, 0.3) is 0 Å². The van der Waals surface area contributed by atoms with Gasteiger partial charge in [-0.3, -0.25) is 4.90 Å². The second-order valence-electron chi connectivity index (χ2n) is 6.07. The van der Waals surface area contributed by atoms with E-state index >= 15 is 0 Å². The van der Waals surface area contributed by atoms with Crippen molar-refractivity contribution in [3.8, 4) is 5.88 Å². The normalized spacial score (nSPS) is 27.9. The third-order valence-electron chi connectivity index (χ3n) is 4.74. The summed E-state index contributed by atoms with van der Waals surface area (Å²) in [4.78, 5) is 6.89. The van der Waals surface area contributed by atoms with Gasteiger partial charge in [-0.25, -0.2) is 4.98 Å². The lowest BCUT2D eigenvalue weighted by Crippen LogP contribution is -2.35. The quantitative estimate of drug-likeness (QED) is 0.860. The van der Waals surface area contributed by atoms with Crippen LogP contribution in [0.5, 0.6) is 5.88 Å². The highest BCUT2D eigenvalue weighted by atomic mass is 16.5. The van der Waals surface area contributed by atoms with Gasteiger partial charge in [0.1, 0.15) is 6.10 Å². The summed E-state index contributed by atoms with van der Waals surface area (Å²) >= 11 is 0. The lowest BCUT2D eigenvalue weighted by Gasteiger charge is -2.27. The van der Waals surface area contributed by atoms with Crippen molar-refractivity contribution < 1.29 is 4.74 Å². The number of hydrogen-bond acceptors (Lipinski definition) is 3. The SMILES string of the molecule is c1ccc(CN2CC3CCC2C3Oc2ccccn2)cc1. The molecule has 2 fully saturated rings. The fraction of sp³-hybridized carbons (Fsp3) is 0.389. The molecule has 0 radical (unpaired) electrons. The van der Waals surface area contributed by atoms with E-state index in [0.29, 0.717) is 18.1 Å². The van der Waals surface area contributed by atoms with E-state index in [4.69, 9.17) is 4.74 Å². The molecule has 2 aromatic rings. The molecule has 2 aliphatic rings. The number of nitrogens with zero attached hydrogens (tertiary/aromatic N) is 2. The summed E-state index contributed by atoms with van der Waals surface area (Å²) in [7, 11) is 0. The summed E-state index contributed by atoms with van der Waals surface area (Å²) in [5, 5.41) is 0. The standard InChI is InChI=1S/C18H20N2O/c1-2-6-14(7-3-1)12-20-13-15-9-10-16(20)18(15)21-17-8-4-5-11-19-17/h1-8,11,15-16,18H,9-10,12-13H2. The molecule has 2 heterocycles. The highest BCUT2D eigenvalue weighted by molar-refractivity contribution is 5.17. The molecule has 3 heteroatoms. The first kappa shape index (κ1) is 12.8. The zero-order valence-electron chi connectivity index (χ0n) is 12.1. The van der Waals surface area contributed by atoms with Gasteiger partial charge in [0.25, 0.3) is 0 Å². The summed E-state index contributed by atoms with van der Waals surface area (Å²) in [6.45, 7) is 2.18. The maximum absolute atomic E-state index is 6.18. The van der Waals surface area contributed by atoms with Crippen LogP contribution in [0.3, 0.4) is 0 Å². The molecular weight excluding hydrogens is 260 g/mol. The first-order chi connectivity index (χ1) is 10.4. The Labute approximate surface area is 125 Å². The first-order valence-corrected chi connectivity index (χ1v) is 7.76. The van der Waals surface area contributed by atoms with Crippen LogP contribution in [0.4, 0.5) is 0 Å². The lowest BCUT2D eigenvalue weighted by atomic mass is 10.1. The Balaban J connectivity index is 1.46. The molecule has 1 aromatic heterocycles. The molecule has 2 bridgehead atoms. The molecule has 0 amide bonds. The topological polar surface area (TPSA) is 25.4 Å². The van der Waals surface area contributed by atoms with Gasteiger partial charge < -0.3 is 4.74 Å². The molecule has 1 saturated heterocycles. The van der Waals surface area contributed by atoms with Gasteiger partial charge in [0.05, 0.1) is 0 Å². The minimum Gasteiger partial charge on any atom is -0.472 e. The molecule has 0 N–H and O–H groups in total. The van der Waals surface area contributed by atoms with Gasteiger partial charge in [0.15, 0.2) is 0 Å². The van der Waals surface area contributed by atoms with Crippen molar-refractivity contribution >= 4 is 0 Å². The van der Waals surface area contributed by atoms with Crippen LogP contribution < -0.4 is 4.74 Å². The smallest absolute Gasteiger partial charge is 0.213 e. The van der Waals surface area contributed by atoms with Gasteiger partial charge in [-0.2, -0.15) is 0 Å². The predicted octanol–water partition coefficient (Wildman–Crippen LogP) is 3.12. The van der Waals surface area contributed by atoms with Gasteiger partial charge in [-0.1, -0.05) is 36.4 Å². The number of rotatable bonds is 4. The molecule has 3 atom stereocenters. The third-order valence-corrected chi connectivity index (χ3v) is 4.74. The van der Waals surface area contributed by atoms with Crippen LogP contribution in [-0.2, 0) is 6.54 Å². The van der Waals surface area contributed by atoms with Crippen LogP contribution in [0.15, 0.2) is 54.7 Å². The van der Waals surface area contributed by atoms with Crippen molar-refractivity contribution in [3.63, 3.8) is 0 Å².